The molecule has 3 rings (SSSR count). The fourth-order valence-electron chi connectivity index (χ4n) is 3.45. The summed E-state index contributed by atoms with van der Waals surface area (Å²) in [7, 11) is 4.34. The first-order valence-electron chi connectivity index (χ1n) is 9.37. The first kappa shape index (κ1) is 18.6. The second-order valence-electron chi connectivity index (χ2n) is 7.49. The van der Waals surface area contributed by atoms with Gasteiger partial charge in [0.1, 0.15) is 0 Å². The van der Waals surface area contributed by atoms with E-state index in [1.807, 2.05) is 43.3 Å². The van der Waals surface area contributed by atoms with E-state index in [2.05, 4.69) is 41.3 Å². The molecule has 0 aromatic heterocycles. The Bertz CT molecular complexity index is 714. The van der Waals surface area contributed by atoms with Crippen molar-refractivity contribution >= 4 is 11.6 Å². The van der Waals surface area contributed by atoms with Gasteiger partial charge in [-0.1, -0.05) is 29.8 Å². The molecule has 0 unspecified atom stereocenters. The maximum Gasteiger partial charge on any atom is 0.255 e. The van der Waals surface area contributed by atoms with Crippen molar-refractivity contribution in [2.24, 2.45) is 0 Å². The number of carbonyl (C=O) groups is 1. The molecule has 0 radical (unpaired) electrons. The number of carbonyl (C=O) groups excluding carboxylic acids is 1. The smallest absolute Gasteiger partial charge is 0.255 e. The van der Waals surface area contributed by atoms with Crippen molar-refractivity contribution in [3.05, 3.63) is 65.2 Å². The molecule has 1 aliphatic rings. The predicted octanol–water partition coefficient (Wildman–Crippen LogP) is 3.77. The fourth-order valence-corrected chi connectivity index (χ4v) is 3.45. The number of nitrogens with one attached hydrogen (secondary N) is 1. The number of aryl methyl sites for hydroxylation is 1. The van der Waals surface area contributed by atoms with Gasteiger partial charge in [0.15, 0.2) is 0 Å². The Kier molecular flexibility index (Phi) is 6.07. The van der Waals surface area contributed by atoms with Gasteiger partial charge in [-0.2, -0.15) is 0 Å². The Balaban J connectivity index is 1.52. The highest BCUT2D eigenvalue weighted by Crippen LogP contribution is 2.18. The van der Waals surface area contributed by atoms with Gasteiger partial charge in [-0.25, -0.2) is 0 Å². The van der Waals surface area contributed by atoms with Crippen LogP contribution in [0, 0.1) is 6.92 Å². The number of hydrogen-bond donors (Lipinski definition) is 1. The van der Waals surface area contributed by atoms with Crippen LogP contribution < -0.4 is 5.32 Å². The first-order chi connectivity index (χ1) is 12.5. The zero-order chi connectivity index (χ0) is 18.5. The molecule has 0 saturated carbocycles. The maximum atomic E-state index is 12.3. The summed E-state index contributed by atoms with van der Waals surface area (Å²) >= 11 is 0. The molecule has 138 valence electrons. The van der Waals surface area contributed by atoms with Gasteiger partial charge in [0.2, 0.25) is 0 Å². The highest BCUT2D eigenvalue weighted by Gasteiger charge is 2.20. The number of amides is 1. The van der Waals surface area contributed by atoms with Crippen LogP contribution in [0.15, 0.2) is 48.5 Å². The maximum absolute atomic E-state index is 12.3. The summed E-state index contributed by atoms with van der Waals surface area (Å²) in [5.74, 6) is -0.0662. The van der Waals surface area contributed by atoms with Crippen LogP contribution in [-0.4, -0.2) is 48.9 Å². The molecule has 1 N–H and O–H groups in total. The molecule has 0 aliphatic carbocycles. The van der Waals surface area contributed by atoms with Crippen LogP contribution in [0.25, 0.3) is 0 Å². The lowest BCUT2D eigenvalue weighted by Crippen LogP contribution is -2.41. The monoisotopic (exact) mass is 351 g/mol. The number of likely N-dealkylation sites (tertiary alicyclic amines) is 1. The normalized spacial score (nSPS) is 16.0. The average molecular weight is 351 g/mol. The largest absolute Gasteiger partial charge is 0.322 e. The number of rotatable bonds is 5. The molecule has 1 saturated heterocycles. The molecule has 1 heterocycles. The minimum atomic E-state index is -0.0662. The van der Waals surface area contributed by atoms with Crippen LogP contribution in [-0.2, 0) is 6.54 Å². The number of benzene rings is 2. The quantitative estimate of drug-likeness (QED) is 0.891. The van der Waals surface area contributed by atoms with E-state index in [0.29, 0.717) is 11.6 Å². The van der Waals surface area contributed by atoms with E-state index in [4.69, 9.17) is 0 Å². The minimum Gasteiger partial charge on any atom is -0.322 e. The number of piperidine rings is 1. The summed E-state index contributed by atoms with van der Waals surface area (Å²) in [6, 6.07) is 16.6. The van der Waals surface area contributed by atoms with Crippen LogP contribution in [0.2, 0.25) is 0 Å². The van der Waals surface area contributed by atoms with Gasteiger partial charge in [0.05, 0.1) is 0 Å². The van der Waals surface area contributed by atoms with Crippen LogP contribution >= 0.6 is 0 Å². The highest BCUT2D eigenvalue weighted by molar-refractivity contribution is 6.04. The summed E-state index contributed by atoms with van der Waals surface area (Å²) in [4.78, 5) is 17.1. The van der Waals surface area contributed by atoms with Gasteiger partial charge in [0.25, 0.3) is 5.91 Å². The topological polar surface area (TPSA) is 35.6 Å². The van der Waals surface area contributed by atoms with E-state index in [-0.39, 0.29) is 5.91 Å². The van der Waals surface area contributed by atoms with Gasteiger partial charge in [-0.05, 0) is 76.8 Å². The van der Waals surface area contributed by atoms with Gasteiger partial charge < -0.3 is 10.2 Å². The molecule has 1 fully saturated rings. The molecule has 4 nitrogen and oxygen atoms in total. The van der Waals surface area contributed by atoms with Crippen molar-refractivity contribution in [3.63, 3.8) is 0 Å². The first-order valence-corrected chi connectivity index (χ1v) is 9.37. The molecule has 1 amide bonds. The zero-order valence-corrected chi connectivity index (χ0v) is 16.0. The molecule has 0 atom stereocenters. The lowest BCUT2D eigenvalue weighted by Gasteiger charge is -2.35. The summed E-state index contributed by atoms with van der Waals surface area (Å²) in [5.41, 5.74) is 3.97. The van der Waals surface area contributed by atoms with Crippen molar-refractivity contribution in [3.8, 4) is 0 Å². The number of nitrogens with zero attached hydrogens (tertiary/aromatic N) is 2. The fraction of sp³-hybridized carbons (Fsp3) is 0.409. The van der Waals surface area contributed by atoms with E-state index in [0.717, 1.165) is 30.9 Å². The Morgan fingerprint density at radius 2 is 1.65 bits per heavy atom. The van der Waals surface area contributed by atoms with Crippen molar-refractivity contribution < 1.29 is 4.79 Å². The Morgan fingerprint density at radius 3 is 2.23 bits per heavy atom. The summed E-state index contributed by atoms with van der Waals surface area (Å²) in [6.07, 6.45) is 2.47. The van der Waals surface area contributed by atoms with Crippen molar-refractivity contribution in [1.29, 1.82) is 0 Å². The average Bonchev–Trinajstić information content (AvgIpc) is 2.64. The van der Waals surface area contributed by atoms with Crippen molar-refractivity contribution in [2.75, 3.05) is 32.5 Å². The van der Waals surface area contributed by atoms with Gasteiger partial charge in [-0.3, -0.25) is 9.69 Å². The van der Waals surface area contributed by atoms with Gasteiger partial charge in [-0.15, -0.1) is 0 Å². The third kappa shape index (κ3) is 4.93. The van der Waals surface area contributed by atoms with E-state index >= 15 is 0 Å². The third-order valence-corrected chi connectivity index (χ3v) is 5.22. The Morgan fingerprint density at radius 1 is 1.04 bits per heavy atom. The molecule has 2 aromatic rings. The molecule has 2 aromatic carbocycles. The van der Waals surface area contributed by atoms with Crippen LogP contribution in [0.1, 0.15) is 34.3 Å². The molecular weight excluding hydrogens is 322 g/mol. The zero-order valence-electron chi connectivity index (χ0n) is 16.0. The number of anilines is 1. The van der Waals surface area contributed by atoms with E-state index in [1.54, 1.807) is 0 Å². The van der Waals surface area contributed by atoms with Gasteiger partial charge >= 0.3 is 0 Å². The summed E-state index contributed by atoms with van der Waals surface area (Å²) in [6.45, 7) is 5.29. The second-order valence-corrected chi connectivity index (χ2v) is 7.49. The van der Waals surface area contributed by atoms with Crippen LogP contribution in [0.4, 0.5) is 5.69 Å². The van der Waals surface area contributed by atoms with Crippen molar-refractivity contribution in [2.45, 2.75) is 32.4 Å². The number of hydrogen-bond acceptors (Lipinski definition) is 3. The molecule has 0 bridgehead atoms. The lowest BCUT2D eigenvalue weighted by molar-refractivity contribution is 0.102. The molecule has 4 heteroatoms. The molecule has 26 heavy (non-hydrogen) atoms. The Hall–Kier alpha value is -2.17. The summed E-state index contributed by atoms with van der Waals surface area (Å²) < 4.78 is 0. The van der Waals surface area contributed by atoms with E-state index < -0.39 is 0 Å². The molecular formula is C22H29N3O. The highest BCUT2D eigenvalue weighted by atomic mass is 16.1. The molecule has 0 spiro atoms. The third-order valence-electron chi connectivity index (χ3n) is 5.22. The minimum absolute atomic E-state index is 0.0662. The molecule has 1 aliphatic heterocycles. The van der Waals surface area contributed by atoms with E-state index in [9.17, 15) is 4.79 Å². The van der Waals surface area contributed by atoms with Crippen LogP contribution in [0.5, 0.6) is 0 Å². The Labute approximate surface area is 156 Å². The lowest BCUT2D eigenvalue weighted by atomic mass is 10.0. The summed E-state index contributed by atoms with van der Waals surface area (Å²) in [5, 5.41) is 2.97. The predicted molar refractivity (Wildman–Crippen MR) is 108 cm³/mol. The standard InChI is InChI=1S/C22H29N3O/c1-17-4-8-19(9-5-17)22(26)23-20-10-6-18(7-11-20)16-25-14-12-21(13-15-25)24(2)3/h4-11,21H,12-16H2,1-3H3,(H,23,26). The van der Waals surface area contributed by atoms with Crippen molar-refractivity contribution in [1.82, 2.24) is 9.80 Å². The second kappa shape index (κ2) is 8.47. The van der Waals surface area contributed by atoms with E-state index in [1.165, 1.54) is 18.4 Å². The van der Waals surface area contributed by atoms with Gasteiger partial charge in [0, 0.05) is 23.8 Å². The SMILES string of the molecule is Cc1ccc(C(=O)Nc2ccc(CN3CCC(N(C)C)CC3)cc2)cc1. The van der Waals surface area contributed by atoms with Crippen LogP contribution in [0.3, 0.4) is 0 Å².